The summed E-state index contributed by atoms with van der Waals surface area (Å²) in [5, 5.41) is 16.7. The van der Waals surface area contributed by atoms with Gasteiger partial charge in [0.1, 0.15) is 5.82 Å². The predicted octanol–water partition coefficient (Wildman–Crippen LogP) is 0.573. The van der Waals surface area contributed by atoms with Crippen LogP contribution >= 0.6 is 0 Å². The van der Waals surface area contributed by atoms with Crippen molar-refractivity contribution in [1.29, 1.82) is 0 Å². The second-order valence-electron chi connectivity index (χ2n) is 3.02. The Kier molecular flexibility index (Phi) is 1.98. The number of hydrogen-bond acceptors (Lipinski definition) is 3. The monoisotopic (exact) mass is 177 g/mol. The second kappa shape index (κ2) is 3.14. The van der Waals surface area contributed by atoms with E-state index in [1.54, 1.807) is 0 Å². The highest BCUT2D eigenvalue weighted by Gasteiger charge is 2.03. The first-order chi connectivity index (χ1) is 6.31. The quantitative estimate of drug-likeness (QED) is 0.729. The van der Waals surface area contributed by atoms with Gasteiger partial charge in [-0.15, -0.1) is 10.2 Å². The van der Waals surface area contributed by atoms with Crippen molar-refractivity contribution in [3.05, 3.63) is 29.7 Å². The molecule has 2 aromatic rings. The van der Waals surface area contributed by atoms with E-state index in [0.717, 1.165) is 17.0 Å². The van der Waals surface area contributed by atoms with Gasteiger partial charge in [0.25, 0.3) is 0 Å². The average molecular weight is 177 g/mol. The van der Waals surface area contributed by atoms with Crippen molar-refractivity contribution in [2.24, 2.45) is 0 Å². The molecule has 1 N–H and O–H groups in total. The lowest BCUT2D eigenvalue weighted by Gasteiger charge is -1.98. The van der Waals surface area contributed by atoms with Gasteiger partial charge >= 0.3 is 0 Å². The SMILES string of the molecule is Cc1ccc2nnc(CCO)n2c1. The molecule has 4 nitrogen and oxygen atoms in total. The van der Waals surface area contributed by atoms with Gasteiger partial charge in [0.05, 0.1) is 6.61 Å². The van der Waals surface area contributed by atoms with Gasteiger partial charge in [-0.05, 0) is 18.6 Å². The van der Waals surface area contributed by atoms with Crippen molar-refractivity contribution in [1.82, 2.24) is 14.6 Å². The first kappa shape index (κ1) is 8.19. The molecular weight excluding hydrogens is 166 g/mol. The summed E-state index contributed by atoms with van der Waals surface area (Å²) < 4.78 is 1.91. The van der Waals surface area contributed by atoms with Gasteiger partial charge in [-0.3, -0.25) is 4.40 Å². The molecule has 0 aliphatic carbocycles. The Morgan fingerprint density at radius 1 is 1.38 bits per heavy atom. The normalized spacial score (nSPS) is 10.9. The fraction of sp³-hybridized carbons (Fsp3) is 0.333. The lowest BCUT2D eigenvalue weighted by Crippen LogP contribution is -1.98. The van der Waals surface area contributed by atoms with Gasteiger partial charge in [0, 0.05) is 12.6 Å². The van der Waals surface area contributed by atoms with Crippen LogP contribution in [0, 0.1) is 6.92 Å². The van der Waals surface area contributed by atoms with Gasteiger partial charge in [0.2, 0.25) is 0 Å². The molecule has 0 spiro atoms. The summed E-state index contributed by atoms with van der Waals surface area (Å²) in [6, 6.07) is 3.91. The zero-order valence-electron chi connectivity index (χ0n) is 7.44. The Hall–Kier alpha value is -1.42. The third-order valence-corrected chi connectivity index (χ3v) is 1.96. The van der Waals surface area contributed by atoms with Crippen LogP contribution in [0.1, 0.15) is 11.4 Å². The molecule has 0 atom stereocenters. The third kappa shape index (κ3) is 1.40. The Morgan fingerprint density at radius 3 is 3.00 bits per heavy atom. The summed E-state index contributed by atoms with van der Waals surface area (Å²) in [5.41, 5.74) is 1.99. The number of hydrogen-bond donors (Lipinski definition) is 1. The van der Waals surface area contributed by atoms with E-state index >= 15 is 0 Å². The molecule has 0 fully saturated rings. The molecule has 4 heteroatoms. The van der Waals surface area contributed by atoms with E-state index in [4.69, 9.17) is 5.11 Å². The first-order valence-electron chi connectivity index (χ1n) is 4.22. The molecule has 0 amide bonds. The van der Waals surface area contributed by atoms with E-state index in [2.05, 4.69) is 10.2 Å². The van der Waals surface area contributed by atoms with E-state index in [1.807, 2.05) is 29.7 Å². The number of aryl methyl sites for hydroxylation is 1. The minimum Gasteiger partial charge on any atom is -0.396 e. The van der Waals surface area contributed by atoms with Crippen LogP contribution in [0.4, 0.5) is 0 Å². The Bertz CT molecular complexity index is 422. The van der Waals surface area contributed by atoms with Crippen LogP contribution < -0.4 is 0 Å². The molecule has 2 aromatic heterocycles. The largest absolute Gasteiger partial charge is 0.396 e. The van der Waals surface area contributed by atoms with E-state index in [9.17, 15) is 0 Å². The van der Waals surface area contributed by atoms with Gasteiger partial charge in [0.15, 0.2) is 5.65 Å². The Balaban J connectivity index is 2.58. The fourth-order valence-corrected chi connectivity index (χ4v) is 1.31. The van der Waals surface area contributed by atoms with Gasteiger partial charge < -0.3 is 5.11 Å². The molecule has 13 heavy (non-hydrogen) atoms. The highest BCUT2D eigenvalue weighted by Crippen LogP contribution is 2.06. The maximum atomic E-state index is 8.79. The maximum Gasteiger partial charge on any atom is 0.160 e. The molecule has 0 unspecified atom stereocenters. The van der Waals surface area contributed by atoms with Gasteiger partial charge in [-0.2, -0.15) is 0 Å². The van der Waals surface area contributed by atoms with Crippen molar-refractivity contribution in [3.8, 4) is 0 Å². The van der Waals surface area contributed by atoms with E-state index < -0.39 is 0 Å². The summed E-state index contributed by atoms with van der Waals surface area (Å²) in [7, 11) is 0. The van der Waals surface area contributed by atoms with Crippen LogP contribution in [0.5, 0.6) is 0 Å². The van der Waals surface area contributed by atoms with Gasteiger partial charge in [-0.25, -0.2) is 0 Å². The predicted molar refractivity (Wildman–Crippen MR) is 48.5 cm³/mol. The lowest BCUT2D eigenvalue weighted by molar-refractivity contribution is 0.296. The number of aromatic nitrogens is 3. The fourth-order valence-electron chi connectivity index (χ4n) is 1.31. The minimum absolute atomic E-state index is 0.106. The average Bonchev–Trinajstić information content (AvgIpc) is 2.49. The number of pyridine rings is 1. The zero-order valence-corrected chi connectivity index (χ0v) is 7.44. The topological polar surface area (TPSA) is 50.4 Å². The molecule has 0 aliphatic heterocycles. The molecule has 68 valence electrons. The minimum atomic E-state index is 0.106. The van der Waals surface area contributed by atoms with Crippen molar-refractivity contribution in [3.63, 3.8) is 0 Å². The molecule has 2 rings (SSSR count). The Labute approximate surface area is 75.8 Å². The van der Waals surface area contributed by atoms with Crippen LogP contribution in [-0.2, 0) is 6.42 Å². The summed E-state index contributed by atoms with van der Waals surface area (Å²) in [4.78, 5) is 0. The summed E-state index contributed by atoms with van der Waals surface area (Å²) in [6.07, 6.45) is 2.52. The van der Waals surface area contributed by atoms with Crippen molar-refractivity contribution < 1.29 is 5.11 Å². The third-order valence-electron chi connectivity index (χ3n) is 1.96. The smallest absolute Gasteiger partial charge is 0.160 e. The number of fused-ring (bicyclic) bond motifs is 1. The second-order valence-corrected chi connectivity index (χ2v) is 3.02. The van der Waals surface area contributed by atoms with Crippen LogP contribution in [0.15, 0.2) is 18.3 Å². The summed E-state index contributed by atoms with van der Waals surface area (Å²) in [5.74, 6) is 0.807. The standard InChI is InChI=1S/C9H11N3O/c1-7-2-3-8-10-11-9(4-5-13)12(8)6-7/h2-3,6,13H,4-5H2,1H3. The lowest BCUT2D eigenvalue weighted by atomic mass is 10.3. The first-order valence-corrected chi connectivity index (χ1v) is 4.22. The highest BCUT2D eigenvalue weighted by atomic mass is 16.3. The molecule has 0 bridgehead atoms. The van der Waals surface area contributed by atoms with Crippen molar-refractivity contribution >= 4 is 5.65 Å². The van der Waals surface area contributed by atoms with Crippen LogP contribution in [0.2, 0.25) is 0 Å². The van der Waals surface area contributed by atoms with Crippen molar-refractivity contribution in [2.75, 3.05) is 6.61 Å². The maximum absolute atomic E-state index is 8.79. The number of aliphatic hydroxyl groups is 1. The molecule has 0 aliphatic rings. The van der Waals surface area contributed by atoms with Gasteiger partial charge in [-0.1, -0.05) is 6.07 Å². The summed E-state index contributed by atoms with van der Waals surface area (Å²) in [6.45, 7) is 2.12. The number of nitrogens with zero attached hydrogens (tertiary/aromatic N) is 3. The highest BCUT2D eigenvalue weighted by molar-refractivity contribution is 5.39. The number of rotatable bonds is 2. The number of aliphatic hydroxyl groups excluding tert-OH is 1. The zero-order chi connectivity index (χ0) is 9.26. The summed E-state index contributed by atoms with van der Waals surface area (Å²) >= 11 is 0. The van der Waals surface area contributed by atoms with E-state index in [1.165, 1.54) is 0 Å². The van der Waals surface area contributed by atoms with Crippen LogP contribution in [-0.4, -0.2) is 26.3 Å². The van der Waals surface area contributed by atoms with Crippen LogP contribution in [0.25, 0.3) is 5.65 Å². The molecule has 0 saturated heterocycles. The molecule has 0 aromatic carbocycles. The van der Waals surface area contributed by atoms with E-state index in [0.29, 0.717) is 6.42 Å². The van der Waals surface area contributed by atoms with E-state index in [-0.39, 0.29) is 6.61 Å². The molecular formula is C9H11N3O. The molecule has 0 saturated carbocycles. The Morgan fingerprint density at radius 2 is 2.23 bits per heavy atom. The molecule has 2 heterocycles. The van der Waals surface area contributed by atoms with Crippen LogP contribution in [0.3, 0.4) is 0 Å². The molecule has 0 radical (unpaired) electrons. The van der Waals surface area contributed by atoms with Crippen molar-refractivity contribution in [2.45, 2.75) is 13.3 Å².